The van der Waals surface area contributed by atoms with Gasteiger partial charge in [0.25, 0.3) is 0 Å². The molecule has 1 atom stereocenters. The van der Waals surface area contributed by atoms with E-state index in [1.165, 1.54) is 12.4 Å². The standard InChI is InChI=1S/C14H20N2O6S/c1-2-3-8-23(20,21)10-12(13(17)18)16-14(19)22-9-11-4-6-15-7-5-11/h4-7,12H,2-3,8-10H2,1H3,(H,16,19)(H,17,18)/t12-/m1/s1. The molecule has 1 amide bonds. The van der Waals surface area contributed by atoms with Gasteiger partial charge in [-0.25, -0.2) is 18.0 Å². The number of aromatic nitrogens is 1. The summed E-state index contributed by atoms with van der Waals surface area (Å²) >= 11 is 0. The number of carboxylic acid groups (broad SMARTS) is 1. The Morgan fingerprint density at radius 1 is 1.35 bits per heavy atom. The van der Waals surface area contributed by atoms with Gasteiger partial charge in [-0.05, 0) is 24.1 Å². The third-order valence-corrected chi connectivity index (χ3v) is 4.69. The monoisotopic (exact) mass is 344 g/mol. The Bertz CT molecular complexity index is 617. The molecular weight excluding hydrogens is 324 g/mol. The highest BCUT2D eigenvalue weighted by Crippen LogP contribution is 2.03. The maximum atomic E-state index is 11.8. The molecule has 9 heteroatoms. The number of hydrogen-bond acceptors (Lipinski definition) is 6. The summed E-state index contributed by atoms with van der Waals surface area (Å²) in [6.07, 6.45) is 3.19. The van der Waals surface area contributed by atoms with Crippen molar-refractivity contribution in [2.75, 3.05) is 11.5 Å². The molecule has 1 aromatic rings. The molecular formula is C14H20N2O6S. The van der Waals surface area contributed by atoms with Crippen LogP contribution in [0.15, 0.2) is 24.5 Å². The molecule has 0 aromatic carbocycles. The molecule has 0 unspecified atom stereocenters. The number of unbranched alkanes of at least 4 members (excludes halogenated alkanes) is 1. The van der Waals surface area contributed by atoms with Crippen molar-refractivity contribution in [2.24, 2.45) is 0 Å². The zero-order valence-corrected chi connectivity index (χ0v) is 13.6. The first-order valence-corrected chi connectivity index (χ1v) is 8.91. The Kier molecular flexibility index (Phi) is 7.46. The van der Waals surface area contributed by atoms with Gasteiger partial charge in [0.1, 0.15) is 12.6 Å². The smallest absolute Gasteiger partial charge is 0.408 e. The van der Waals surface area contributed by atoms with Gasteiger partial charge in [0.2, 0.25) is 0 Å². The number of carbonyl (C=O) groups excluding carboxylic acids is 1. The van der Waals surface area contributed by atoms with E-state index in [2.05, 4.69) is 10.3 Å². The van der Waals surface area contributed by atoms with E-state index in [0.29, 0.717) is 18.4 Å². The van der Waals surface area contributed by atoms with E-state index in [-0.39, 0.29) is 12.4 Å². The first-order valence-electron chi connectivity index (χ1n) is 7.09. The van der Waals surface area contributed by atoms with E-state index in [4.69, 9.17) is 9.84 Å². The van der Waals surface area contributed by atoms with Gasteiger partial charge in [-0.1, -0.05) is 13.3 Å². The van der Waals surface area contributed by atoms with Crippen LogP contribution in [0.1, 0.15) is 25.3 Å². The molecule has 23 heavy (non-hydrogen) atoms. The average Bonchev–Trinajstić information content (AvgIpc) is 2.51. The fraction of sp³-hybridized carbons (Fsp3) is 0.500. The Morgan fingerprint density at radius 2 is 2.00 bits per heavy atom. The highest BCUT2D eigenvalue weighted by atomic mass is 32.2. The van der Waals surface area contributed by atoms with E-state index < -0.39 is 33.7 Å². The van der Waals surface area contributed by atoms with Crippen LogP contribution >= 0.6 is 0 Å². The lowest BCUT2D eigenvalue weighted by Crippen LogP contribution is -2.45. The number of ether oxygens (including phenoxy) is 1. The quantitative estimate of drug-likeness (QED) is 0.684. The largest absolute Gasteiger partial charge is 0.480 e. The lowest BCUT2D eigenvalue weighted by molar-refractivity contribution is -0.138. The second kappa shape index (κ2) is 9.09. The number of aliphatic carboxylic acids is 1. The first kappa shape index (κ1) is 18.9. The maximum Gasteiger partial charge on any atom is 0.408 e. The van der Waals surface area contributed by atoms with E-state index >= 15 is 0 Å². The van der Waals surface area contributed by atoms with Crippen LogP contribution < -0.4 is 5.32 Å². The molecule has 1 rings (SSSR count). The van der Waals surface area contributed by atoms with Crippen molar-refractivity contribution in [3.05, 3.63) is 30.1 Å². The molecule has 0 radical (unpaired) electrons. The summed E-state index contributed by atoms with van der Waals surface area (Å²) in [4.78, 5) is 26.6. The van der Waals surface area contributed by atoms with Gasteiger partial charge in [-0.2, -0.15) is 0 Å². The highest BCUT2D eigenvalue weighted by Gasteiger charge is 2.27. The highest BCUT2D eigenvalue weighted by molar-refractivity contribution is 7.91. The molecule has 128 valence electrons. The molecule has 2 N–H and O–H groups in total. The number of sulfone groups is 1. The van der Waals surface area contributed by atoms with Crippen molar-refractivity contribution in [3.8, 4) is 0 Å². The molecule has 8 nitrogen and oxygen atoms in total. The fourth-order valence-electron chi connectivity index (χ4n) is 1.69. The fourth-order valence-corrected chi connectivity index (χ4v) is 3.32. The number of carboxylic acids is 1. The Morgan fingerprint density at radius 3 is 2.57 bits per heavy atom. The summed E-state index contributed by atoms with van der Waals surface area (Å²) in [6.45, 7) is 1.77. The van der Waals surface area contributed by atoms with Crippen LogP contribution in [-0.4, -0.2) is 48.1 Å². The van der Waals surface area contributed by atoms with Crippen molar-refractivity contribution < 1.29 is 27.9 Å². The van der Waals surface area contributed by atoms with Crippen molar-refractivity contribution in [2.45, 2.75) is 32.4 Å². The summed E-state index contributed by atoms with van der Waals surface area (Å²) in [5, 5.41) is 11.1. The van der Waals surface area contributed by atoms with Gasteiger partial charge in [0.05, 0.1) is 11.5 Å². The van der Waals surface area contributed by atoms with Crippen LogP contribution in [0.3, 0.4) is 0 Å². The zero-order valence-electron chi connectivity index (χ0n) is 12.8. The van der Waals surface area contributed by atoms with Gasteiger partial charge < -0.3 is 15.2 Å². The Hall–Kier alpha value is -2.16. The van der Waals surface area contributed by atoms with Crippen LogP contribution in [-0.2, 0) is 26.0 Å². The summed E-state index contributed by atoms with van der Waals surface area (Å²) in [7, 11) is -3.56. The Balaban J connectivity index is 2.55. The van der Waals surface area contributed by atoms with Gasteiger partial charge in [0, 0.05) is 12.4 Å². The van der Waals surface area contributed by atoms with Crippen LogP contribution in [0.25, 0.3) is 0 Å². The summed E-state index contributed by atoms with van der Waals surface area (Å²) in [6, 6.07) is 1.73. The van der Waals surface area contributed by atoms with Crippen LogP contribution in [0, 0.1) is 0 Å². The maximum absolute atomic E-state index is 11.8. The topological polar surface area (TPSA) is 123 Å². The summed E-state index contributed by atoms with van der Waals surface area (Å²) in [5.74, 6) is -2.20. The lowest BCUT2D eigenvalue weighted by Gasteiger charge is -2.14. The van der Waals surface area contributed by atoms with Crippen molar-refractivity contribution in [1.29, 1.82) is 0 Å². The molecule has 0 spiro atoms. The third kappa shape index (κ3) is 7.59. The molecule has 0 aliphatic carbocycles. The molecule has 0 bridgehead atoms. The molecule has 0 fully saturated rings. The van der Waals surface area contributed by atoms with Crippen molar-refractivity contribution >= 4 is 21.9 Å². The van der Waals surface area contributed by atoms with Gasteiger partial charge >= 0.3 is 12.1 Å². The zero-order chi connectivity index (χ0) is 17.3. The first-order chi connectivity index (χ1) is 10.8. The minimum Gasteiger partial charge on any atom is -0.480 e. The molecule has 1 aromatic heterocycles. The van der Waals surface area contributed by atoms with Crippen LogP contribution in [0.4, 0.5) is 4.79 Å². The van der Waals surface area contributed by atoms with Gasteiger partial charge in [-0.15, -0.1) is 0 Å². The Labute approximate surface area is 134 Å². The number of hydrogen-bond donors (Lipinski definition) is 2. The summed E-state index contributed by atoms with van der Waals surface area (Å²) in [5.41, 5.74) is 0.678. The molecule has 0 aliphatic rings. The molecule has 1 heterocycles. The van der Waals surface area contributed by atoms with E-state index in [1.54, 1.807) is 12.1 Å². The molecule has 0 aliphatic heterocycles. The van der Waals surface area contributed by atoms with Crippen molar-refractivity contribution in [3.63, 3.8) is 0 Å². The number of pyridine rings is 1. The van der Waals surface area contributed by atoms with Gasteiger partial charge in [-0.3, -0.25) is 4.98 Å². The average molecular weight is 344 g/mol. The number of amides is 1. The second-order valence-corrected chi connectivity index (χ2v) is 7.16. The molecule has 0 saturated carbocycles. The molecule has 0 saturated heterocycles. The number of nitrogens with one attached hydrogen (secondary N) is 1. The SMILES string of the molecule is CCCCS(=O)(=O)C[C@@H](NC(=O)OCc1ccncc1)C(=O)O. The number of nitrogens with zero attached hydrogens (tertiary/aromatic N) is 1. The van der Waals surface area contributed by atoms with Gasteiger partial charge in [0.15, 0.2) is 9.84 Å². The van der Waals surface area contributed by atoms with Crippen molar-refractivity contribution in [1.82, 2.24) is 10.3 Å². The lowest BCUT2D eigenvalue weighted by atomic mass is 10.3. The predicted molar refractivity (Wildman–Crippen MR) is 82.5 cm³/mol. The minimum atomic E-state index is -3.56. The number of alkyl carbamates (subject to hydrolysis) is 1. The minimum absolute atomic E-state index is 0.0662. The van der Waals surface area contributed by atoms with Crippen LogP contribution in [0.5, 0.6) is 0 Å². The predicted octanol–water partition coefficient (Wildman–Crippen LogP) is 0.976. The van der Waals surface area contributed by atoms with E-state index in [9.17, 15) is 18.0 Å². The van der Waals surface area contributed by atoms with E-state index in [1.807, 2.05) is 6.92 Å². The normalized spacial score (nSPS) is 12.4. The number of rotatable bonds is 9. The summed E-state index contributed by atoms with van der Waals surface area (Å²) < 4.78 is 28.5. The third-order valence-electron chi connectivity index (χ3n) is 2.94. The number of carbonyl (C=O) groups is 2. The van der Waals surface area contributed by atoms with Crippen LogP contribution in [0.2, 0.25) is 0 Å². The van der Waals surface area contributed by atoms with E-state index in [0.717, 1.165) is 0 Å². The second-order valence-electron chi connectivity index (χ2n) is 4.93.